The molecule has 4 rings (SSSR count). The second-order valence-electron chi connectivity index (χ2n) is 8.92. The van der Waals surface area contributed by atoms with Gasteiger partial charge in [0.1, 0.15) is 11.5 Å². The van der Waals surface area contributed by atoms with Crippen LogP contribution in [0, 0.1) is 0 Å². The Kier molecular flexibility index (Phi) is 8.68. The summed E-state index contributed by atoms with van der Waals surface area (Å²) in [4.78, 5) is 34.8. The zero-order valence-electron chi connectivity index (χ0n) is 22.0. The van der Waals surface area contributed by atoms with Crippen LogP contribution in [0.3, 0.4) is 0 Å². The third-order valence-electron chi connectivity index (χ3n) is 5.82. The number of carbonyl (C=O) groups is 3. The van der Waals surface area contributed by atoms with Crippen LogP contribution < -0.4 is 9.47 Å². The number of fused-ring (bicyclic) bond motifs is 1. The van der Waals surface area contributed by atoms with E-state index in [4.69, 9.17) is 27.5 Å². The van der Waals surface area contributed by atoms with Crippen LogP contribution >= 0.6 is 0 Å². The predicted octanol–water partition coefficient (Wildman–Crippen LogP) is 4.89. The second-order valence-corrected chi connectivity index (χ2v) is 11.4. The van der Waals surface area contributed by atoms with E-state index in [0.29, 0.717) is 17.9 Å². The fourth-order valence-corrected chi connectivity index (χ4v) is 6.66. The number of hydrogen-bond donors (Lipinski definition) is 0. The van der Waals surface area contributed by atoms with Gasteiger partial charge in [-0.2, -0.15) is 0 Å². The molecule has 3 aromatic carbocycles. The highest BCUT2D eigenvalue weighted by Crippen LogP contribution is 2.43. The molecule has 1 aliphatic heterocycles. The van der Waals surface area contributed by atoms with Gasteiger partial charge in [-0.15, -0.1) is 0 Å². The maximum atomic E-state index is 11.6. The van der Waals surface area contributed by atoms with Crippen molar-refractivity contribution in [3.63, 3.8) is 0 Å². The van der Waals surface area contributed by atoms with Gasteiger partial charge in [0.15, 0.2) is 0 Å². The van der Waals surface area contributed by atoms with Gasteiger partial charge in [0.05, 0.1) is 19.3 Å². The predicted molar refractivity (Wildman–Crippen MR) is 141 cm³/mol. The van der Waals surface area contributed by atoms with Crippen LogP contribution in [-0.2, 0) is 44.8 Å². The number of hydrogen-bond acceptors (Lipinski definition) is 9. The Labute approximate surface area is 227 Å². The van der Waals surface area contributed by atoms with E-state index in [9.17, 15) is 14.4 Å². The summed E-state index contributed by atoms with van der Waals surface area (Å²) in [6.07, 6.45) is 0.301. The summed E-state index contributed by atoms with van der Waals surface area (Å²) in [6.45, 7) is 3.96. The van der Waals surface area contributed by atoms with Gasteiger partial charge < -0.3 is 27.5 Å². The quantitative estimate of drug-likeness (QED) is 0.257. The zero-order valence-corrected chi connectivity index (χ0v) is 23.0. The maximum Gasteiger partial charge on any atom is 0.705 e. The lowest BCUT2D eigenvalue weighted by Crippen LogP contribution is -2.49. The molecule has 9 nitrogen and oxygen atoms in total. The van der Waals surface area contributed by atoms with E-state index in [-0.39, 0.29) is 19.3 Å². The molecule has 0 amide bonds. The first-order valence-electron chi connectivity index (χ1n) is 12.5. The van der Waals surface area contributed by atoms with Crippen molar-refractivity contribution in [1.82, 2.24) is 0 Å². The molecule has 39 heavy (non-hydrogen) atoms. The summed E-state index contributed by atoms with van der Waals surface area (Å²) in [5.41, 5.74) is 2.57. The minimum Gasteiger partial charge on any atom is -0.494 e. The third-order valence-corrected chi connectivity index (χ3v) is 8.58. The van der Waals surface area contributed by atoms with E-state index in [1.165, 1.54) is 0 Å². The van der Waals surface area contributed by atoms with Crippen molar-refractivity contribution in [3.05, 3.63) is 95.6 Å². The van der Waals surface area contributed by atoms with Crippen LogP contribution in [0.25, 0.3) is 0 Å². The van der Waals surface area contributed by atoms with Crippen LogP contribution in [0.5, 0.6) is 11.5 Å². The lowest BCUT2D eigenvalue weighted by atomic mass is 9.95. The molecule has 0 unspecified atom stereocenters. The monoisotopic (exact) mass is 550 g/mol. The largest absolute Gasteiger partial charge is 0.705 e. The van der Waals surface area contributed by atoms with Crippen molar-refractivity contribution in [2.45, 2.75) is 45.6 Å². The minimum atomic E-state index is -3.90. The number of rotatable bonds is 10. The Morgan fingerprint density at radius 1 is 0.795 bits per heavy atom. The van der Waals surface area contributed by atoms with Gasteiger partial charge in [0, 0.05) is 37.5 Å². The standard InChI is InChI=1S/C29H30O9Si/c1-21(30)36-39(37-22(2)31,38-23(3)32)18-10-17-33-27-15-16-28-24(19-27)20-34-29(35-28,25-11-6-4-7-12-25)26-13-8-5-9-14-26/h4-9,11-16,19H,10,17-18,20H2,1-3H3. The van der Waals surface area contributed by atoms with Gasteiger partial charge in [-0.25, -0.2) is 0 Å². The molecular weight excluding hydrogens is 520 g/mol. The normalized spacial score (nSPS) is 13.8. The van der Waals surface area contributed by atoms with E-state index < -0.39 is 32.5 Å². The van der Waals surface area contributed by atoms with Gasteiger partial charge in [-0.3, -0.25) is 14.4 Å². The lowest BCUT2D eigenvalue weighted by Gasteiger charge is -2.39. The van der Waals surface area contributed by atoms with Gasteiger partial charge in [0.25, 0.3) is 23.7 Å². The molecule has 3 aromatic rings. The number of ether oxygens (including phenoxy) is 3. The van der Waals surface area contributed by atoms with Gasteiger partial charge in [-0.05, 0) is 24.6 Å². The van der Waals surface area contributed by atoms with Crippen molar-refractivity contribution in [2.75, 3.05) is 6.61 Å². The zero-order chi connectivity index (χ0) is 27.9. The first-order chi connectivity index (χ1) is 18.7. The fraction of sp³-hybridized carbons (Fsp3) is 0.276. The third kappa shape index (κ3) is 6.84. The molecule has 0 aliphatic carbocycles. The molecule has 0 saturated carbocycles. The van der Waals surface area contributed by atoms with Crippen LogP contribution in [0.4, 0.5) is 0 Å². The summed E-state index contributed by atoms with van der Waals surface area (Å²) in [7, 11) is -3.90. The Morgan fingerprint density at radius 3 is 1.85 bits per heavy atom. The van der Waals surface area contributed by atoms with Crippen molar-refractivity contribution in [1.29, 1.82) is 0 Å². The average Bonchev–Trinajstić information content (AvgIpc) is 2.90. The molecule has 1 aliphatic rings. The molecule has 0 N–H and O–H groups in total. The molecule has 10 heteroatoms. The molecule has 0 aromatic heterocycles. The summed E-state index contributed by atoms with van der Waals surface area (Å²) in [6, 6.07) is 25.1. The van der Waals surface area contributed by atoms with E-state index in [2.05, 4.69) is 0 Å². The van der Waals surface area contributed by atoms with Crippen LogP contribution in [0.1, 0.15) is 43.9 Å². The van der Waals surface area contributed by atoms with E-state index in [1.54, 1.807) is 6.07 Å². The Balaban J connectivity index is 1.46. The smallest absolute Gasteiger partial charge is 0.494 e. The van der Waals surface area contributed by atoms with Crippen molar-refractivity contribution >= 4 is 26.7 Å². The SMILES string of the molecule is CC(=O)O[Si](CCCOc1ccc2c(c1)COC(c1ccccc1)(c1ccccc1)O2)(OC(C)=O)OC(C)=O. The number of benzene rings is 3. The second kappa shape index (κ2) is 12.1. The highest BCUT2D eigenvalue weighted by atomic mass is 28.4. The van der Waals surface area contributed by atoms with Gasteiger partial charge in [-0.1, -0.05) is 60.7 Å². The Bertz CT molecular complexity index is 1230. The molecule has 204 valence electrons. The molecule has 1 heterocycles. The lowest BCUT2D eigenvalue weighted by molar-refractivity contribution is -0.184. The summed E-state index contributed by atoms with van der Waals surface area (Å²) < 4.78 is 34.4. The van der Waals surface area contributed by atoms with Crippen molar-refractivity contribution in [3.8, 4) is 11.5 Å². The first kappa shape index (κ1) is 27.9. The molecule has 0 radical (unpaired) electrons. The van der Waals surface area contributed by atoms with Gasteiger partial charge in [0.2, 0.25) is 0 Å². The summed E-state index contributed by atoms with van der Waals surface area (Å²) in [5, 5.41) is 0. The Morgan fingerprint density at radius 2 is 1.33 bits per heavy atom. The fourth-order valence-electron chi connectivity index (χ4n) is 4.34. The van der Waals surface area contributed by atoms with Crippen LogP contribution in [0.15, 0.2) is 78.9 Å². The average molecular weight is 551 g/mol. The van der Waals surface area contributed by atoms with E-state index >= 15 is 0 Å². The molecular formula is C29H30O9Si. The summed E-state index contributed by atoms with van der Waals surface area (Å²) >= 11 is 0. The maximum absolute atomic E-state index is 11.6. The highest BCUT2D eigenvalue weighted by molar-refractivity contribution is 6.65. The molecule has 0 fully saturated rings. The molecule has 0 saturated heterocycles. The topological polar surface area (TPSA) is 107 Å². The number of carbonyl (C=O) groups excluding carboxylic acids is 3. The first-order valence-corrected chi connectivity index (χ1v) is 14.4. The van der Waals surface area contributed by atoms with Crippen LogP contribution in [-0.4, -0.2) is 33.3 Å². The van der Waals surface area contributed by atoms with Gasteiger partial charge >= 0.3 is 8.80 Å². The Hall–Kier alpha value is -4.15. The van der Waals surface area contributed by atoms with E-state index in [0.717, 1.165) is 37.5 Å². The summed E-state index contributed by atoms with van der Waals surface area (Å²) in [5.74, 6) is -1.96. The van der Waals surface area contributed by atoms with Crippen LogP contribution in [0.2, 0.25) is 6.04 Å². The van der Waals surface area contributed by atoms with Crippen molar-refractivity contribution < 1.29 is 41.9 Å². The molecule has 0 bridgehead atoms. The molecule has 0 spiro atoms. The highest BCUT2D eigenvalue weighted by Gasteiger charge is 2.51. The minimum absolute atomic E-state index is 0.0274. The van der Waals surface area contributed by atoms with E-state index in [1.807, 2.05) is 72.8 Å². The molecule has 0 atom stereocenters. The van der Waals surface area contributed by atoms with Crippen molar-refractivity contribution in [2.24, 2.45) is 0 Å².